The average molecular weight is 649 g/mol. The maximum atomic E-state index is 11.5. The Kier molecular flexibility index (Phi) is 8.34. The maximum absolute atomic E-state index is 11.5. The largest absolute Gasteiger partial charge is 0.507 e. The first kappa shape index (κ1) is 30.8. The first-order valence-electron chi connectivity index (χ1n) is 12.5. The molecule has 0 spiro atoms. The summed E-state index contributed by atoms with van der Waals surface area (Å²) >= 11 is 0. The minimum absolute atomic E-state index is 0.0416. The zero-order valence-electron chi connectivity index (χ0n) is 22.5. The molecule has 0 heterocycles. The van der Waals surface area contributed by atoms with E-state index in [9.17, 15) is 36.7 Å². The van der Waals surface area contributed by atoms with E-state index in [1.165, 1.54) is 54.6 Å². The zero-order valence-corrected chi connectivity index (χ0v) is 24.2. The Hall–Kier alpha value is -5.62. The minimum atomic E-state index is -4.58. The van der Waals surface area contributed by atoms with Crippen molar-refractivity contribution in [2.75, 3.05) is 0 Å². The van der Waals surface area contributed by atoms with Crippen molar-refractivity contribution in [2.45, 2.75) is 9.79 Å². The van der Waals surface area contributed by atoms with E-state index in [1.807, 2.05) is 0 Å². The molecule has 228 valence electrons. The van der Waals surface area contributed by atoms with Gasteiger partial charge in [-0.1, -0.05) is 0 Å². The predicted octanol–water partition coefficient (Wildman–Crippen LogP) is 7.70. The molecule has 0 atom stereocenters. The van der Waals surface area contributed by atoms with Crippen LogP contribution in [0.1, 0.15) is 0 Å². The lowest BCUT2D eigenvalue weighted by Crippen LogP contribution is -1.97. The number of nitrogens with zero attached hydrogens (tertiary/aromatic N) is 6. The fraction of sp³-hybridized carbons (Fsp3) is 0. The van der Waals surface area contributed by atoms with Crippen molar-refractivity contribution < 1.29 is 41.3 Å². The summed E-state index contributed by atoms with van der Waals surface area (Å²) in [5, 5.41) is 55.5. The Morgan fingerprint density at radius 3 is 1.56 bits per heavy atom. The number of benzene rings is 5. The van der Waals surface area contributed by atoms with Crippen molar-refractivity contribution in [2.24, 2.45) is 30.7 Å². The van der Waals surface area contributed by atoms with E-state index in [1.54, 1.807) is 24.3 Å². The Morgan fingerprint density at radius 2 is 0.978 bits per heavy atom. The standard InChI is InChI=1S/C28H20N6O9S2/c35-25-12-11-24(33-31-18-3-1-17(2-4-18)29-30-19-5-8-21(9-6-19)44(38,39)40)28(37)27(25)34-32-20-7-10-23-16(13-20)14-22(15-26(23)36)45(41,42)43/h1-15,35-37H,(H,38,39,40)(H,41,42,43). The minimum Gasteiger partial charge on any atom is -0.507 e. The van der Waals surface area contributed by atoms with Crippen molar-refractivity contribution in [3.63, 3.8) is 0 Å². The summed E-state index contributed by atoms with van der Waals surface area (Å²) in [7, 11) is -8.89. The SMILES string of the molecule is O=S(=O)(O)c1ccc(N=Nc2ccc(N=Nc3ccc(O)c(N=Nc4ccc5c(O)cc(S(=O)(=O)O)cc5c4)c3O)cc2)cc1. The molecule has 0 unspecified atom stereocenters. The van der Waals surface area contributed by atoms with E-state index >= 15 is 0 Å². The molecule has 0 amide bonds. The average Bonchev–Trinajstić information content (AvgIpc) is 2.99. The molecule has 0 bridgehead atoms. The molecule has 0 aliphatic rings. The molecule has 45 heavy (non-hydrogen) atoms. The van der Waals surface area contributed by atoms with E-state index in [0.29, 0.717) is 22.4 Å². The van der Waals surface area contributed by atoms with Gasteiger partial charge in [0.15, 0.2) is 11.4 Å². The highest BCUT2D eigenvalue weighted by atomic mass is 32.2. The second-order valence-electron chi connectivity index (χ2n) is 9.21. The Morgan fingerprint density at radius 1 is 0.467 bits per heavy atom. The Balaban J connectivity index is 1.32. The van der Waals surface area contributed by atoms with Crippen LogP contribution in [0.2, 0.25) is 0 Å². The van der Waals surface area contributed by atoms with Gasteiger partial charge in [-0.05, 0) is 90.3 Å². The molecule has 0 saturated carbocycles. The number of azo groups is 3. The van der Waals surface area contributed by atoms with Crippen LogP contribution in [-0.2, 0) is 20.2 Å². The summed E-state index contributed by atoms with van der Waals surface area (Å²) in [5.74, 6) is -1.31. The van der Waals surface area contributed by atoms with E-state index < -0.39 is 36.6 Å². The molecule has 0 aromatic heterocycles. The summed E-state index contributed by atoms with van der Waals surface area (Å²) in [4.78, 5) is -0.780. The highest BCUT2D eigenvalue weighted by molar-refractivity contribution is 7.86. The van der Waals surface area contributed by atoms with Crippen LogP contribution in [0.25, 0.3) is 10.8 Å². The van der Waals surface area contributed by atoms with Crippen molar-refractivity contribution >= 4 is 65.1 Å². The van der Waals surface area contributed by atoms with Gasteiger partial charge in [-0.3, -0.25) is 9.11 Å². The van der Waals surface area contributed by atoms with Gasteiger partial charge in [0.2, 0.25) is 0 Å². The normalized spacial score (nSPS) is 12.6. The molecular formula is C28H20N6O9S2. The van der Waals surface area contributed by atoms with Crippen LogP contribution in [0.3, 0.4) is 0 Å². The summed E-state index contributed by atoms with van der Waals surface area (Å²) < 4.78 is 63.6. The molecular weight excluding hydrogens is 628 g/mol. The molecule has 5 aromatic rings. The second kappa shape index (κ2) is 12.2. The number of fused-ring (bicyclic) bond motifs is 1. The zero-order chi connectivity index (χ0) is 32.4. The lowest BCUT2D eigenvalue weighted by molar-refractivity contribution is 0.453. The first-order valence-corrected chi connectivity index (χ1v) is 15.4. The quantitative estimate of drug-likeness (QED) is 0.0816. The summed E-state index contributed by atoms with van der Waals surface area (Å²) in [5.41, 5.74) is 0.995. The fourth-order valence-electron chi connectivity index (χ4n) is 3.86. The second-order valence-corrected chi connectivity index (χ2v) is 12.1. The highest BCUT2D eigenvalue weighted by Crippen LogP contribution is 2.44. The lowest BCUT2D eigenvalue weighted by atomic mass is 10.1. The van der Waals surface area contributed by atoms with Crippen LogP contribution in [0.5, 0.6) is 17.2 Å². The van der Waals surface area contributed by atoms with E-state index in [0.717, 1.165) is 12.1 Å². The van der Waals surface area contributed by atoms with E-state index in [-0.39, 0.29) is 33.1 Å². The summed E-state index contributed by atoms with van der Waals surface area (Å²) in [6.07, 6.45) is 0. The van der Waals surface area contributed by atoms with Crippen molar-refractivity contribution in [3.05, 3.63) is 91.0 Å². The van der Waals surface area contributed by atoms with Gasteiger partial charge >= 0.3 is 0 Å². The van der Waals surface area contributed by atoms with Crippen molar-refractivity contribution in [1.29, 1.82) is 0 Å². The van der Waals surface area contributed by atoms with Gasteiger partial charge in [-0.25, -0.2) is 0 Å². The topological polar surface area (TPSA) is 244 Å². The molecule has 5 rings (SSSR count). The monoisotopic (exact) mass is 648 g/mol. The predicted molar refractivity (Wildman–Crippen MR) is 160 cm³/mol. The van der Waals surface area contributed by atoms with Crippen LogP contribution in [0.4, 0.5) is 34.1 Å². The van der Waals surface area contributed by atoms with Crippen LogP contribution in [-0.4, -0.2) is 41.3 Å². The van der Waals surface area contributed by atoms with E-state index in [4.69, 9.17) is 4.55 Å². The molecule has 15 nitrogen and oxygen atoms in total. The number of aromatic hydroxyl groups is 3. The molecule has 5 N–H and O–H groups in total. The van der Waals surface area contributed by atoms with E-state index in [2.05, 4.69) is 30.7 Å². The van der Waals surface area contributed by atoms with Gasteiger partial charge in [0.05, 0.1) is 32.5 Å². The van der Waals surface area contributed by atoms with Crippen molar-refractivity contribution in [1.82, 2.24) is 0 Å². The molecule has 0 saturated heterocycles. The lowest BCUT2D eigenvalue weighted by Gasteiger charge is -2.06. The smallest absolute Gasteiger partial charge is 0.294 e. The number of hydrogen-bond acceptors (Lipinski definition) is 13. The molecule has 0 aliphatic heterocycles. The number of phenols is 3. The molecule has 17 heteroatoms. The maximum Gasteiger partial charge on any atom is 0.294 e. The van der Waals surface area contributed by atoms with Gasteiger partial charge in [-0.15, -0.1) is 10.2 Å². The highest BCUT2D eigenvalue weighted by Gasteiger charge is 2.15. The number of rotatable bonds is 8. The number of hydrogen-bond donors (Lipinski definition) is 5. The van der Waals surface area contributed by atoms with Crippen LogP contribution in [0.15, 0.2) is 131 Å². The third kappa shape index (κ3) is 7.31. The third-order valence-corrected chi connectivity index (χ3v) is 7.80. The van der Waals surface area contributed by atoms with Crippen LogP contribution in [0, 0.1) is 0 Å². The van der Waals surface area contributed by atoms with Gasteiger partial charge in [-0.2, -0.15) is 37.3 Å². The summed E-state index contributed by atoms with van der Waals surface area (Å²) in [6.45, 7) is 0. The van der Waals surface area contributed by atoms with Gasteiger partial charge in [0, 0.05) is 11.5 Å². The summed E-state index contributed by atoms with van der Waals surface area (Å²) in [6, 6.07) is 20.3. The number of phenolic OH excluding ortho intramolecular Hbond substituents is 3. The molecule has 0 aliphatic carbocycles. The van der Waals surface area contributed by atoms with Gasteiger partial charge in [0.1, 0.15) is 17.2 Å². The van der Waals surface area contributed by atoms with Crippen LogP contribution < -0.4 is 0 Å². The van der Waals surface area contributed by atoms with Gasteiger partial charge in [0.25, 0.3) is 20.2 Å². The third-order valence-electron chi connectivity index (χ3n) is 6.10. The Labute approximate surface area is 254 Å². The molecule has 0 fully saturated rings. The van der Waals surface area contributed by atoms with Gasteiger partial charge < -0.3 is 15.3 Å². The first-order chi connectivity index (χ1) is 21.3. The molecule has 5 aromatic carbocycles. The van der Waals surface area contributed by atoms with Crippen LogP contribution >= 0.6 is 0 Å². The Bertz CT molecular complexity index is 2240. The van der Waals surface area contributed by atoms with Crippen molar-refractivity contribution in [3.8, 4) is 17.2 Å². The fourth-order valence-corrected chi connectivity index (χ4v) is 4.88. The molecule has 0 radical (unpaired) electrons.